The maximum Gasteiger partial charge on any atom is 0.171 e. The Morgan fingerprint density at radius 3 is 2.22 bits per heavy atom. The molecule has 0 atom stereocenters. The van der Waals surface area contributed by atoms with Crippen molar-refractivity contribution in [2.24, 2.45) is 5.73 Å². The fourth-order valence-corrected chi connectivity index (χ4v) is 2.40. The third kappa shape index (κ3) is 4.89. The highest BCUT2D eigenvalue weighted by atomic mass is 35.5. The number of benzene rings is 1. The van der Waals surface area contributed by atoms with E-state index in [0.717, 1.165) is 11.1 Å². The molecule has 7 heteroatoms. The molecule has 4 nitrogen and oxygen atoms in total. The molecule has 0 amide bonds. The fraction of sp³-hybridized carbons (Fsp3) is 0.188. The Kier molecular flexibility index (Phi) is 7.42. The van der Waals surface area contributed by atoms with Gasteiger partial charge in [0.1, 0.15) is 16.1 Å². The first kappa shape index (κ1) is 19.4. The van der Waals surface area contributed by atoms with Crippen LogP contribution in [0, 0.1) is 5.41 Å². The lowest BCUT2D eigenvalue weighted by Gasteiger charge is -2.20. The number of halogens is 2. The summed E-state index contributed by atoms with van der Waals surface area (Å²) in [6.07, 6.45) is 0. The quantitative estimate of drug-likeness (QED) is 0.352. The van der Waals surface area contributed by atoms with E-state index in [1.54, 1.807) is 19.2 Å². The summed E-state index contributed by atoms with van der Waals surface area (Å²) in [6.45, 7) is 4.00. The maximum absolute atomic E-state index is 8.24. The predicted octanol–water partition coefficient (Wildman–Crippen LogP) is 4.58. The van der Waals surface area contributed by atoms with Crippen LogP contribution in [0.2, 0.25) is 10.3 Å². The average molecular weight is 369 g/mol. The van der Waals surface area contributed by atoms with E-state index in [2.05, 4.69) is 4.98 Å². The molecule has 1 heterocycles. The lowest BCUT2D eigenvalue weighted by Crippen LogP contribution is -2.37. The standard InChI is InChI=1S/C14H12Cl2N4S.C2H6/c1-20(14(18)21)13(17)10-5-3-2-4-9(10)8-6-11(15)19-12(16)7-8;1-2/h2-7,17H,1H3,(H2,18,21);1-2H3. The third-order valence-electron chi connectivity index (χ3n) is 2.92. The number of rotatable bonds is 2. The Labute approximate surface area is 151 Å². The van der Waals surface area contributed by atoms with Crippen LogP contribution in [-0.2, 0) is 0 Å². The van der Waals surface area contributed by atoms with Crippen molar-refractivity contribution in [3.05, 3.63) is 52.3 Å². The molecule has 0 spiro atoms. The van der Waals surface area contributed by atoms with E-state index in [9.17, 15) is 0 Å². The van der Waals surface area contributed by atoms with Crippen LogP contribution in [0.25, 0.3) is 11.1 Å². The summed E-state index contributed by atoms with van der Waals surface area (Å²) >= 11 is 16.8. The number of hydrogen-bond acceptors (Lipinski definition) is 3. The highest BCUT2D eigenvalue weighted by Gasteiger charge is 2.15. The van der Waals surface area contributed by atoms with Crippen molar-refractivity contribution in [2.75, 3.05) is 7.05 Å². The van der Waals surface area contributed by atoms with Crippen molar-refractivity contribution >= 4 is 46.4 Å². The predicted molar refractivity (Wildman–Crippen MR) is 102 cm³/mol. The molecule has 0 bridgehead atoms. The zero-order valence-electron chi connectivity index (χ0n) is 13.1. The Morgan fingerprint density at radius 1 is 1.17 bits per heavy atom. The summed E-state index contributed by atoms with van der Waals surface area (Å²) in [7, 11) is 1.65. The number of pyridine rings is 1. The first-order valence-corrected chi connectivity index (χ1v) is 8.11. The Morgan fingerprint density at radius 2 is 1.70 bits per heavy atom. The van der Waals surface area contributed by atoms with Gasteiger partial charge in [0.25, 0.3) is 0 Å². The second-order valence-electron chi connectivity index (χ2n) is 4.29. The van der Waals surface area contributed by atoms with Crippen LogP contribution in [0.3, 0.4) is 0 Å². The van der Waals surface area contributed by atoms with E-state index >= 15 is 0 Å². The number of aromatic nitrogens is 1. The number of hydrogen-bond donors (Lipinski definition) is 2. The van der Waals surface area contributed by atoms with Gasteiger partial charge < -0.3 is 10.6 Å². The highest BCUT2D eigenvalue weighted by Crippen LogP contribution is 2.28. The highest BCUT2D eigenvalue weighted by molar-refractivity contribution is 7.80. The molecule has 0 aliphatic rings. The van der Waals surface area contributed by atoms with E-state index in [0.29, 0.717) is 15.9 Å². The van der Waals surface area contributed by atoms with Crippen molar-refractivity contribution in [3.63, 3.8) is 0 Å². The summed E-state index contributed by atoms with van der Waals surface area (Å²) in [4.78, 5) is 5.35. The van der Waals surface area contributed by atoms with Crippen molar-refractivity contribution in [1.82, 2.24) is 9.88 Å². The van der Waals surface area contributed by atoms with Crippen molar-refractivity contribution in [1.29, 1.82) is 5.41 Å². The Balaban J connectivity index is 0.00000127. The SMILES string of the molecule is CC.CN(C(=N)c1ccccc1-c1cc(Cl)nc(Cl)c1)C(N)=S. The van der Waals surface area contributed by atoms with E-state index in [4.69, 9.17) is 46.6 Å². The second kappa shape index (κ2) is 8.82. The van der Waals surface area contributed by atoms with Crippen LogP contribution >= 0.6 is 35.4 Å². The Bertz CT molecular complexity index is 699. The molecule has 2 aromatic rings. The monoisotopic (exact) mass is 368 g/mol. The zero-order valence-corrected chi connectivity index (χ0v) is 15.4. The summed E-state index contributed by atoms with van der Waals surface area (Å²) in [6, 6.07) is 10.8. The second-order valence-corrected chi connectivity index (χ2v) is 5.49. The minimum absolute atomic E-state index is 0.126. The van der Waals surface area contributed by atoms with Gasteiger partial charge in [0.2, 0.25) is 0 Å². The number of thiocarbonyl (C=S) groups is 1. The van der Waals surface area contributed by atoms with Crippen LogP contribution in [0.4, 0.5) is 0 Å². The fourth-order valence-electron chi connectivity index (χ4n) is 1.85. The lowest BCUT2D eigenvalue weighted by molar-refractivity contribution is 0.753. The molecule has 23 heavy (non-hydrogen) atoms. The maximum atomic E-state index is 8.24. The van der Waals surface area contributed by atoms with Crippen molar-refractivity contribution in [2.45, 2.75) is 13.8 Å². The molecule has 3 N–H and O–H groups in total. The molecular formula is C16H18Cl2N4S. The number of amidine groups is 1. The van der Waals surface area contributed by atoms with Crippen LogP contribution in [-0.4, -0.2) is 27.9 Å². The van der Waals surface area contributed by atoms with E-state index in [1.807, 2.05) is 38.1 Å². The molecule has 0 unspecified atom stereocenters. The normalized spacial score (nSPS) is 9.61. The van der Waals surface area contributed by atoms with Gasteiger partial charge in [-0.25, -0.2) is 4.98 Å². The van der Waals surface area contributed by atoms with Gasteiger partial charge in [-0.3, -0.25) is 5.41 Å². The molecule has 0 aliphatic carbocycles. The number of nitrogens with one attached hydrogen (secondary N) is 1. The van der Waals surface area contributed by atoms with E-state index < -0.39 is 0 Å². The van der Waals surface area contributed by atoms with Crippen LogP contribution < -0.4 is 5.73 Å². The largest absolute Gasteiger partial charge is 0.376 e. The van der Waals surface area contributed by atoms with Gasteiger partial charge in [0.05, 0.1) is 0 Å². The van der Waals surface area contributed by atoms with Gasteiger partial charge in [-0.2, -0.15) is 0 Å². The molecule has 0 radical (unpaired) electrons. The molecule has 0 fully saturated rings. The molecule has 0 saturated heterocycles. The first-order valence-electron chi connectivity index (χ1n) is 6.94. The molecule has 0 saturated carbocycles. The minimum atomic E-state index is 0.126. The molecule has 0 aliphatic heterocycles. The lowest BCUT2D eigenvalue weighted by atomic mass is 9.99. The number of nitrogens with two attached hydrogens (primary N) is 1. The van der Waals surface area contributed by atoms with Gasteiger partial charge >= 0.3 is 0 Å². The van der Waals surface area contributed by atoms with Gasteiger partial charge in [-0.05, 0) is 35.5 Å². The molecule has 1 aromatic heterocycles. The molecule has 1 aromatic carbocycles. The van der Waals surface area contributed by atoms with Crippen LogP contribution in [0.15, 0.2) is 36.4 Å². The van der Waals surface area contributed by atoms with Crippen LogP contribution in [0.1, 0.15) is 19.4 Å². The van der Waals surface area contributed by atoms with Gasteiger partial charge in [0, 0.05) is 12.6 Å². The van der Waals surface area contributed by atoms with Crippen LogP contribution in [0.5, 0.6) is 0 Å². The molecular weight excluding hydrogens is 351 g/mol. The average Bonchev–Trinajstić information content (AvgIpc) is 2.54. The summed E-state index contributed by atoms with van der Waals surface area (Å²) in [5, 5.41) is 8.95. The van der Waals surface area contributed by atoms with E-state index in [-0.39, 0.29) is 10.9 Å². The molecule has 122 valence electrons. The van der Waals surface area contributed by atoms with Crippen molar-refractivity contribution in [3.8, 4) is 11.1 Å². The van der Waals surface area contributed by atoms with E-state index in [1.165, 1.54) is 4.90 Å². The first-order chi connectivity index (χ1) is 10.9. The van der Waals surface area contributed by atoms with Gasteiger partial charge in [-0.1, -0.05) is 61.3 Å². The third-order valence-corrected chi connectivity index (χ3v) is 3.58. The molecule has 2 rings (SSSR count). The van der Waals surface area contributed by atoms with Gasteiger partial charge in [0.15, 0.2) is 5.11 Å². The topological polar surface area (TPSA) is 66.0 Å². The minimum Gasteiger partial charge on any atom is -0.376 e. The van der Waals surface area contributed by atoms with Crippen molar-refractivity contribution < 1.29 is 0 Å². The zero-order chi connectivity index (χ0) is 17.6. The van der Waals surface area contributed by atoms with Gasteiger partial charge in [-0.15, -0.1) is 0 Å². The smallest absolute Gasteiger partial charge is 0.171 e. The summed E-state index contributed by atoms with van der Waals surface area (Å²) in [5.74, 6) is 0.196. The summed E-state index contributed by atoms with van der Waals surface area (Å²) in [5.41, 5.74) is 7.83. The Hall–Kier alpha value is -1.69. The summed E-state index contributed by atoms with van der Waals surface area (Å²) < 4.78 is 0. The number of nitrogens with zero attached hydrogens (tertiary/aromatic N) is 2.